The zero-order valence-corrected chi connectivity index (χ0v) is 12.1. The molecule has 0 aliphatic heterocycles. The van der Waals surface area contributed by atoms with E-state index in [0.717, 1.165) is 16.8 Å². The van der Waals surface area contributed by atoms with Crippen molar-refractivity contribution in [2.45, 2.75) is 32.2 Å². The van der Waals surface area contributed by atoms with Crippen LogP contribution >= 0.6 is 0 Å². The summed E-state index contributed by atoms with van der Waals surface area (Å²) in [7, 11) is 0. The summed E-state index contributed by atoms with van der Waals surface area (Å²) in [4.78, 5) is 16.3. The average molecular weight is 281 g/mol. The Bertz CT molecular complexity index is 633. The zero-order valence-electron chi connectivity index (χ0n) is 12.1. The molecule has 0 bridgehead atoms. The van der Waals surface area contributed by atoms with Gasteiger partial charge in [0.2, 0.25) is 0 Å². The summed E-state index contributed by atoms with van der Waals surface area (Å²) in [6, 6.07) is 11.6. The highest BCUT2D eigenvalue weighted by atomic mass is 16.2. The number of rotatable bonds is 4. The van der Waals surface area contributed by atoms with Gasteiger partial charge in [0, 0.05) is 30.0 Å². The molecule has 4 nitrogen and oxygen atoms in total. The molecule has 21 heavy (non-hydrogen) atoms. The van der Waals surface area contributed by atoms with Crippen molar-refractivity contribution in [1.29, 1.82) is 0 Å². The third-order valence-corrected chi connectivity index (χ3v) is 3.69. The van der Waals surface area contributed by atoms with Gasteiger partial charge in [-0.15, -0.1) is 0 Å². The lowest BCUT2D eigenvalue weighted by atomic mass is 10.2. The molecule has 0 saturated heterocycles. The second-order valence-electron chi connectivity index (χ2n) is 5.49. The van der Waals surface area contributed by atoms with Crippen LogP contribution in [0.3, 0.4) is 0 Å². The number of pyridine rings is 1. The Balaban J connectivity index is 1.52. The topological polar surface area (TPSA) is 54.0 Å². The fourth-order valence-corrected chi connectivity index (χ4v) is 2.22. The van der Waals surface area contributed by atoms with Crippen molar-refractivity contribution in [2.75, 3.05) is 5.32 Å². The van der Waals surface area contributed by atoms with Gasteiger partial charge in [-0.05, 0) is 43.0 Å². The van der Waals surface area contributed by atoms with Gasteiger partial charge >= 0.3 is 6.03 Å². The number of nitrogens with zero attached hydrogens (tertiary/aromatic N) is 1. The lowest BCUT2D eigenvalue weighted by Gasteiger charge is -2.09. The van der Waals surface area contributed by atoms with Crippen molar-refractivity contribution in [1.82, 2.24) is 10.3 Å². The predicted molar refractivity (Wildman–Crippen MR) is 83.2 cm³/mol. The molecule has 1 fully saturated rings. The molecule has 1 aromatic carbocycles. The van der Waals surface area contributed by atoms with Crippen LogP contribution < -0.4 is 10.6 Å². The lowest BCUT2D eigenvalue weighted by Crippen LogP contribution is -2.28. The highest BCUT2D eigenvalue weighted by molar-refractivity contribution is 5.89. The molecular weight excluding hydrogens is 262 g/mol. The van der Waals surface area contributed by atoms with Crippen molar-refractivity contribution in [3.05, 3.63) is 59.4 Å². The Morgan fingerprint density at radius 1 is 1.24 bits per heavy atom. The van der Waals surface area contributed by atoms with Gasteiger partial charge in [0.15, 0.2) is 0 Å². The average Bonchev–Trinajstić information content (AvgIpc) is 3.33. The molecule has 1 aliphatic rings. The highest BCUT2D eigenvalue weighted by Crippen LogP contribution is 2.38. The summed E-state index contributed by atoms with van der Waals surface area (Å²) in [5.74, 6) is 0.663. The molecule has 2 aromatic rings. The summed E-state index contributed by atoms with van der Waals surface area (Å²) < 4.78 is 0. The van der Waals surface area contributed by atoms with Crippen molar-refractivity contribution in [3.8, 4) is 0 Å². The first-order valence-electron chi connectivity index (χ1n) is 7.27. The van der Waals surface area contributed by atoms with E-state index in [1.54, 1.807) is 0 Å². The molecule has 0 radical (unpaired) electrons. The quantitative estimate of drug-likeness (QED) is 0.899. The third-order valence-electron chi connectivity index (χ3n) is 3.69. The summed E-state index contributed by atoms with van der Waals surface area (Å²) in [6.07, 6.45) is 4.36. The molecule has 0 atom stereocenters. The monoisotopic (exact) mass is 281 g/mol. The molecular formula is C17H19N3O. The first kappa shape index (κ1) is 13.6. The van der Waals surface area contributed by atoms with Gasteiger partial charge in [-0.25, -0.2) is 4.79 Å². The lowest BCUT2D eigenvalue weighted by molar-refractivity contribution is 0.251. The van der Waals surface area contributed by atoms with Gasteiger partial charge in [0.1, 0.15) is 0 Å². The third kappa shape index (κ3) is 3.60. The number of benzene rings is 1. The largest absolute Gasteiger partial charge is 0.334 e. The number of carbonyl (C=O) groups excluding carboxylic acids is 1. The van der Waals surface area contributed by atoms with Crippen LogP contribution in [-0.4, -0.2) is 11.0 Å². The van der Waals surface area contributed by atoms with Gasteiger partial charge in [0.05, 0.1) is 0 Å². The van der Waals surface area contributed by atoms with E-state index in [-0.39, 0.29) is 6.03 Å². The maximum absolute atomic E-state index is 11.9. The van der Waals surface area contributed by atoms with Crippen LogP contribution in [-0.2, 0) is 6.54 Å². The van der Waals surface area contributed by atoms with Crippen LogP contribution in [0.15, 0.2) is 42.6 Å². The zero-order chi connectivity index (χ0) is 14.7. The van der Waals surface area contributed by atoms with E-state index in [4.69, 9.17) is 0 Å². The maximum atomic E-state index is 11.9. The molecule has 3 rings (SSSR count). The smallest absolute Gasteiger partial charge is 0.319 e. The molecule has 1 aromatic heterocycles. The Hall–Kier alpha value is -2.36. The molecule has 108 valence electrons. The van der Waals surface area contributed by atoms with Gasteiger partial charge in [-0.1, -0.05) is 24.3 Å². The van der Waals surface area contributed by atoms with Crippen molar-refractivity contribution in [3.63, 3.8) is 0 Å². The number of nitrogens with one attached hydrogen (secondary N) is 2. The minimum Gasteiger partial charge on any atom is -0.334 e. The van der Waals surface area contributed by atoms with Crippen LogP contribution in [0.1, 0.15) is 35.6 Å². The van der Waals surface area contributed by atoms with E-state index in [0.29, 0.717) is 12.5 Å². The highest BCUT2D eigenvalue weighted by Gasteiger charge is 2.24. The number of hydrogen-bond acceptors (Lipinski definition) is 2. The van der Waals surface area contributed by atoms with Gasteiger partial charge < -0.3 is 10.6 Å². The number of para-hydroxylation sites is 1. The maximum Gasteiger partial charge on any atom is 0.319 e. The van der Waals surface area contributed by atoms with E-state index < -0.39 is 0 Å². The van der Waals surface area contributed by atoms with Crippen molar-refractivity contribution in [2.24, 2.45) is 0 Å². The molecule has 0 unspecified atom stereocenters. The van der Waals surface area contributed by atoms with Gasteiger partial charge in [-0.2, -0.15) is 0 Å². The van der Waals surface area contributed by atoms with E-state index in [1.165, 1.54) is 18.5 Å². The summed E-state index contributed by atoms with van der Waals surface area (Å²) in [5, 5.41) is 5.70. The number of urea groups is 1. The molecule has 1 aliphatic carbocycles. The number of hydrogen-bond donors (Lipinski definition) is 2. The number of aromatic nitrogens is 1. The van der Waals surface area contributed by atoms with Crippen LogP contribution in [0.5, 0.6) is 0 Å². The Kier molecular flexibility index (Phi) is 3.86. The number of amides is 2. The standard InChI is InChI=1S/C17H19N3O/c1-12-4-2-3-5-15(12)20-17(21)19-11-13-6-9-16(18-10-13)14-7-8-14/h2-6,9-10,14H,7-8,11H2,1H3,(H2,19,20,21). The molecule has 0 spiro atoms. The van der Waals surface area contributed by atoms with E-state index in [9.17, 15) is 4.79 Å². The van der Waals surface area contributed by atoms with Crippen molar-refractivity contribution >= 4 is 11.7 Å². The first-order valence-corrected chi connectivity index (χ1v) is 7.27. The van der Waals surface area contributed by atoms with Gasteiger partial charge in [0.25, 0.3) is 0 Å². The van der Waals surface area contributed by atoms with Crippen molar-refractivity contribution < 1.29 is 4.79 Å². The minimum absolute atomic E-state index is 0.199. The summed E-state index contributed by atoms with van der Waals surface area (Å²) >= 11 is 0. The fourth-order valence-electron chi connectivity index (χ4n) is 2.22. The molecule has 1 saturated carbocycles. The van der Waals surface area contributed by atoms with Crippen LogP contribution in [0.4, 0.5) is 10.5 Å². The SMILES string of the molecule is Cc1ccccc1NC(=O)NCc1ccc(C2CC2)nc1. The molecule has 2 amide bonds. The second-order valence-corrected chi connectivity index (χ2v) is 5.49. The van der Waals surface area contributed by atoms with Gasteiger partial charge in [-0.3, -0.25) is 4.98 Å². The van der Waals surface area contributed by atoms with E-state index in [2.05, 4.69) is 21.7 Å². The van der Waals surface area contributed by atoms with Crippen LogP contribution in [0.2, 0.25) is 0 Å². The van der Waals surface area contributed by atoms with Crippen LogP contribution in [0, 0.1) is 6.92 Å². The van der Waals surface area contributed by atoms with Crippen LogP contribution in [0.25, 0.3) is 0 Å². The molecule has 2 N–H and O–H groups in total. The number of anilines is 1. The predicted octanol–water partition coefficient (Wildman–Crippen LogP) is 3.59. The number of carbonyl (C=O) groups is 1. The Morgan fingerprint density at radius 2 is 2.05 bits per heavy atom. The Labute approximate surface area is 124 Å². The summed E-state index contributed by atoms with van der Waals surface area (Å²) in [6.45, 7) is 2.45. The van der Waals surface area contributed by atoms with E-state index in [1.807, 2.05) is 43.5 Å². The second kappa shape index (κ2) is 5.95. The normalized spacial score (nSPS) is 13.8. The van der Waals surface area contributed by atoms with E-state index >= 15 is 0 Å². The molecule has 1 heterocycles. The molecule has 4 heteroatoms. The minimum atomic E-state index is -0.199. The Morgan fingerprint density at radius 3 is 2.71 bits per heavy atom. The fraction of sp³-hybridized carbons (Fsp3) is 0.294. The number of aryl methyl sites for hydroxylation is 1. The first-order chi connectivity index (χ1) is 10.2. The summed E-state index contributed by atoms with van der Waals surface area (Å²) in [5.41, 5.74) is 4.06.